The number of aromatic carboxylic acids is 1. The van der Waals surface area contributed by atoms with E-state index < -0.39 is 22.0 Å². The molecule has 8 heteroatoms. The Hall–Kier alpha value is -2.42. The van der Waals surface area contributed by atoms with Crippen molar-refractivity contribution in [2.24, 2.45) is 0 Å². The van der Waals surface area contributed by atoms with Crippen LogP contribution in [0.2, 0.25) is 0 Å². The van der Waals surface area contributed by atoms with E-state index in [1.807, 2.05) is 30.3 Å². The van der Waals surface area contributed by atoms with E-state index in [1.165, 1.54) is 12.1 Å². The Labute approximate surface area is 152 Å². The minimum Gasteiger partial charge on any atom is -0.478 e. The first-order valence-electron chi connectivity index (χ1n) is 8.14. The summed E-state index contributed by atoms with van der Waals surface area (Å²) in [7, 11) is -3.89. The average Bonchev–Trinajstić information content (AvgIpc) is 2.62. The Bertz CT molecular complexity index is 853. The molecule has 7 nitrogen and oxygen atoms in total. The molecule has 0 saturated heterocycles. The number of benzene rings is 2. The van der Waals surface area contributed by atoms with Crippen molar-refractivity contribution in [1.29, 1.82) is 0 Å². The summed E-state index contributed by atoms with van der Waals surface area (Å²) in [5.74, 6) is -1.23. The SMILES string of the molecule is C[C@H](NS(=O)(=O)c1ccc(NCCCO)c(C(=O)O)c1)c1ccccc1. The molecule has 0 heterocycles. The van der Waals surface area contributed by atoms with Gasteiger partial charge in [0.15, 0.2) is 0 Å². The van der Waals surface area contributed by atoms with Crippen molar-refractivity contribution in [3.05, 3.63) is 59.7 Å². The van der Waals surface area contributed by atoms with Gasteiger partial charge in [-0.1, -0.05) is 30.3 Å². The molecule has 0 bridgehead atoms. The summed E-state index contributed by atoms with van der Waals surface area (Å²) < 4.78 is 27.8. The zero-order chi connectivity index (χ0) is 19.2. The summed E-state index contributed by atoms with van der Waals surface area (Å²) >= 11 is 0. The normalized spacial score (nSPS) is 12.5. The van der Waals surface area contributed by atoms with Crippen molar-refractivity contribution in [1.82, 2.24) is 4.72 Å². The van der Waals surface area contributed by atoms with Crippen molar-refractivity contribution >= 4 is 21.7 Å². The molecule has 2 aromatic carbocycles. The molecular weight excluding hydrogens is 356 g/mol. The molecule has 0 aliphatic heterocycles. The molecule has 0 aliphatic carbocycles. The number of hydrogen-bond donors (Lipinski definition) is 4. The fraction of sp³-hybridized carbons (Fsp3) is 0.278. The van der Waals surface area contributed by atoms with E-state index in [1.54, 1.807) is 6.92 Å². The van der Waals surface area contributed by atoms with Crippen LogP contribution in [0.1, 0.15) is 35.3 Å². The highest BCUT2D eigenvalue weighted by Crippen LogP contribution is 2.22. The highest BCUT2D eigenvalue weighted by atomic mass is 32.2. The highest BCUT2D eigenvalue weighted by molar-refractivity contribution is 7.89. The number of rotatable bonds is 9. The van der Waals surface area contributed by atoms with E-state index in [-0.39, 0.29) is 17.1 Å². The lowest BCUT2D eigenvalue weighted by atomic mass is 10.1. The number of carboxylic acids is 1. The maximum Gasteiger partial charge on any atom is 0.337 e. The molecule has 0 fully saturated rings. The van der Waals surface area contributed by atoms with Crippen molar-refractivity contribution in [2.45, 2.75) is 24.3 Å². The number of aliphatic hydroxyl groups excluding tert-OH is 1. The molecule has 26 heavy (non-hydrogen) atoms. The van der Waals surface area contributed by atoms with Gasteiger partial charge in [0.2, 0.25) is 10.0 Å². The minimum atomic E-state index is -3.89. The predicted molar refractivity (Wildman–Crippen MR) is 98.8 cm³/mol. The molecule has 2 rings (SSSR count). The van der Waals surface area contributed by atoms with E-state index in [4.69, 9.17) is 5.11 Å². The van der Waals surface area contributed by atoms with Crippen LogP contribution in [0, 0.1) is 0 Å². The number of aliphatic hydroxyl groups is 1. The third-order valence-electron chi connectivity index (χ3n) is 3.81. The summed E-state index contributed by atoms with van der Waals surface area (Å²) in [6.45, 7) is 2.07. The number of hydrogen-bond acceptors (Lipinski definition) is 5. The molecular formula is C18H22N2O5S. The van der Waals surface area contributed by atoms with E-state index >= 15 is 0 Å². The Morgan fingerprint density at radius 1 is 1.15 bits per heavy atom. The first kappa shape index (κ1) is 19.9. The summed E-state index contributed by atoms with van der Waals surface area (Å²) in [6.07, 6.45) is 0.454. The lowest BCUT2D eigenvalue weighted by molar-refractivity contribution is 0.0697. The second-order valence-corrected chi connectivity index (χ2v) is 7.48. The molecule has 1 atom stereocenters. The van der Waals surface area contributed by atoms with Crippen LogP contribution in [0.25, 0.3) is 0 Å². The smallest absolute Gasteiger partial charge is 0.337 e. The van der Waals surface area contributed by atoms with Crippen molar-refractivity contribution in [3.8, 4) is 0 Å². The number of sulfonamides is 1. The topological polar surface area (TPSA) is 116 Å². The third kappa shape index (κ3) is 5.04. The molecule has 140 valence electrons. The lowest BCUT2D eigenvalue weighted by Gasteiger charge is -2.16. The number of carbonyl (C=O) groups is 1. The fourth-order valence-corrected chi connectivity index (χ4v) is 3.69. The van der Waals surface area contributed by atoms with Gasteiger partial charge in [-0.15, -0.1) is 0 Å². The molecule has 2 aromatic rings. The third-order valence-corrected chi connectivity index (χ3v) is 5.35. The van der Waals surface area contributed by atoms with Gasteiger partial charge in [-0.25, -0.2) is 17.9 Å². The van der Waals surface area contributed by atoms with Gasteiger partial charge in [0.05, 0.1) is 10.5 Å². The van der Waals surface area contributed by atoms with Crippen LogP contribution >= 0.6 is 0 Å². The van der Waals surface area contributed by atoms with Gasteiger partial charge in [0, 0.05) is 24.9 Å². The van der Waals surface area contributed by atoms with Crippen LogP contribution in [0.4, 0.5) is 5.69 Å². The molecule has 0 aromatic heterocycles. The van der Waals surface area contributed by atoms with Gasteiger partial charge >= 0.3 is 5.97 Å². The van der Waals surface area contributed by atoms with Gasteiger partial charge in [-0.3, -0.25) is 0 Å². The lowest BCUT2D eigenvalue weighted by Crippen LogP contribution is -2.27. The van der Waals surface area contributed by atoms with Crippen LogP contribution in [-0.4, -0.2) is 37.8 Å². The molecule has 0 unspecified atom stereocenters. The molecule has 0 amide bonds. The quantitative estimate of drug-likeness (QED) is 0.497. The summed E-state index contributed by atoms with van der Waals surface area (Å²) in [5, 5.41) is 21.1. The second-order valence-electron chi connectivity index (χ2n) is 5.77. The average molecular weight is 378 g/mol. The first-order chi connectivity index (χ1) is 12.3. The fourth-order valence-electron chi connectivity index (χ4n) is 2.43. The van der Waals surface area contributed by atoms with Gasteiger partial charge in [-0.05, 0) is 37.1 Å². The molecule has 0 radical (unpaired) electrons. The minimum absolute atomic E-state index is 0.0246. The summed E-state index contributed by atoms with van der Waals surface area (Å²) in [4.78, 5) is 11.4. The standard InChI is InChI=1S/C18H22N2O5S/c1-13(14-6-3-2-4-7-14)20-26(24,25)15-8-9-17(19-10-5-11-21)16(12-15)18(22)23/h2-4,6-9,12-13,19-21H,5,10-11H2,1H3,(H,22,23)/t13-/m0/s1. The zero-order valence-corrected chi connectivity index (χ0v) is 15.2. The molecule has 4 N–H and O–H groups in total. The van der Waals surface area contributed by atoms with E-state index in [0.717, 1.165) is 11.6 Å². The summed E-state index contributed by atoms with van der Waals surface area (Å²) in [5.41, 5.74) is 0.969. The van der Waals surface area contributed by atoms with E-state index in [9.17, 15) is 18.3 Å². The monoisotopic (exact) mass is 378 g/mol. The van der Waals surface area contributed by atoms with Crippen LogP contribution < -0.4 is 10.0 Å². The maximum absolute atomic E-state index is 12.6. The Kier molecular flexibility index (Phi) is 6.73. The highest BCUT2D eigenvalue weighted by Gasteiger charge is 2.21. The van der Waals surface area contributed by atoms with Crippen LogP contribution in [-0.2, 0) is 10.0 Å². The number of anilines is 1. The van der Waals surface area contributed by atoms with Gasteiger partial charge in [0.25, 0.3) is 0 Å². The Balaban J connectivity index is 2.25. The van der Waals surface area contributed by atoms with Gasteiger partial charge < -0.3 is 15.5 Å². The largest absolute Gasteiger partial charge is 0.478 e. The Morgan fingerprint density at radius 3 is 2.46 bits per heavy atom. The van der Waals surface area contributed by atoms with E-state index in [0.29, 0.717) is 18.7 Å². The van der Waals surface area contributed by atoms with Gasteiger partial charge in [-0.2, -0.15) is 0 Å². The van der Waals surface area contributed by atoms with Crippen molar-refractivity contribution < 1.29 is 23.4 Å². The predicted octanol–water partition coefficient (Wildman–Crippen LogP) is 2.22. The van der Waals surface area contributed by atoms with Crippen LogP contribution in [0.3, 0.4) is 0 Å². The van der Waals surface area contributed by atoms with Crippen molar-refractivity contribution in [3.63, 3.8) is 0 Å². The van der Waals surface area contributed by atoms with Crippen molar-refractivity contribution in [2.75, 3.05) is 18.5 Å². The maximum atomic E-state index is 12.6. The molecule has 0 spiro atoms. The summed E-state index contributed by atoms with van der Waals surface area (Å²) in [6, 6.07) is 12.5. The van der Waals surface area contributed by atoms with Crippen LogP contribution in [0.5, 0.6) is 0 Å². The number of nitrogens with one attached hydrogen (secondary N) is 2. The van der Waals surface area contributed by atoms with Crippen LogP contribution in [0.15, 0.2) is 53.4 Å². The van der Waals surface area contributed by atoms with Gasteiger partial charge in [0.1, 0.15) is 0 Å². The first-order valence-corrected chi connectivity index (χ1v) is 9.63. The zero-order valence-electron chi connectivity index (χ0n) is 14.3. The molecule has 0 aliphatic rings. The molecule has 0 saturated carbocycles. The second kappa shape index (κ2) is 8.79. The number of carboxylic acid groups (broad SMARTS) is 1. The Morgan fingerprint density at radius 2 is 1.85 bits per heavy atom. The van der Waals surface area contributed by atoms with E-state index in [2.05, 4.69) is 10.0 Å².